The summed E-state index contributed by atoms with van der Waals surface area (Å²) in [5, 5.41) is 3.26. The summed E-state index contributed by atoms with van der Waals surface area (Å²) < 4.78 is 10.7. The predicted octanol–water partition coefficient (Wildman–Crippen LogP) is 3.13. The van der Waals surface area contributed by atoms with Gasteiger partial charge in [0.05, 0.1) is 0 Å². The molecule has 7 nitrogen and oxygen atoms in total. The molecule has 0 saturated carbocycles. The van der Waals surface area contributed by atoms with Gasteiger partial charge < -0.3 is 19.7 Å². The highest BCUT2D eigenvalue weighted by molar-refractivity contribution is 5.94. The molecular formula is C22H22N4O3. The zero-order valence-electron chi connectivity index (χ0n) is 16.2. The van der Waals surface area contributed by atoms with Gasteiger partial charge in [-0.15, -0.1) is 0 Å². The van der Waals surface area contributed by atoms with Crippen molar-refractivity contribution >= 4 is 11.7 Å². The molecule has 0 radical (unpaired) electrons. The smallest absolute Gasteiger partial charge is 0.253 e. The Labute approximate surface area is 169 Å². The quantitative estimate of drug-likeness (QED) is 0.668. The molecule has 4 rings (SSSR count). The van der Waals surface area contributed by atoms with E-state index in [-0.39, 0.29) is 12.7 Å². The maximum atomic E-state index is 12.7. The minimum absolute atomic E-state index is 0.0346. The first-order valence-electron chi connectivity index (χ1n) is 9.42. The SMILES string of the molecule is CN(CCc1ccncc1)C(=O)c1ccnc(NCc2ccc3c(c2)OCO3)c1. The molecule has 148 valence electrons. The van der Waals surface area contributed by atoms with Gasteiger partial charge in [0, 0.05) is 44.3 Å². The van der Waals surface area contributed by atoms with Crippen LogP contribution in [0.15, 0.2) is 61.1 Å². The molecule has 1 aromatic carbocycles. The third-order valence-electron chi connectivity index (χ3n) is 4.75. The van der Waals surface area contributed by atoms with E-state index < -0.39 is 0 Å². The first kappa shape index (κ1) is 18.7. The fourth-order valence-electron chi connectivity index (χ4n) is 3.07. The van der Waals surface area contributed by atoms with Crippen molar-refractivity contribution in [1.82, 2.24) is 14.9 Å². The number of anilines is 1. The van der Waals surface area contributed by atoms with Crippen LogP contribution in [0.3, 0.4) is 0 Å². The fourth-order valence-corrected chi connectivity index (χ4v) is 3.07. The molecule has 3 aromatic rings. The molecule has 0 unspecified atom stereocenters. The number of nitrogens with one attached hydrogen (secondary N) is 1. The zero-order chi connectivity index (χ0) is 20.1. The number of carbonyl (C=O) groups is 1. The van der Waals surface area contributed by atoms with E-state index in [0.29, 0.717) is 24.5 Å². The normalized spacial score (nSPS) is 11.9. The van der Waals surface area contributed by atoms with Gasteiger partial charge in [0.1, 0.15) is 5.82 Å². The maximum absolute atomic E-state index is 12.7. The zero-order valence-corrected chi connectivity index (χ0v) is 16.2. The number of hydrogen-bond acceptors (Lipinski definition) is 6. The highest BCUT2D eigenvalue weighted by atomic mass is 16.7. The number of ether oxygens (including phenoxy) is 2. The average Bonchev–Trinajstić information content (AvgIpc) is 3.24. The van der Waals surface area contributed by atoms with Crippen molar-refractivity contribution in [1.29, 1.82) is 0 Å². The molecule has 7 heteroatoms. The largest absolute Gasteiger partial charge is 0.454 e. The Morgan fingerprint density at radius 1 is 1.03 bits per heavy atom. The average molecular weight is 390 g/mol. The molecule has 29 heavy (non-hydrogen) atoms. The molecule has 2 aromatic heterocycles. The van der Waals surface area contributed by atoms with Crippen LogP contribution in [-0.4, -0.2) is 41.2 Å². The molecule has 1 aliphatic rings. The lowest BCUT2D eigenvalue weighted by molar-refractivity contribution is 0.0796. The molecule has 0 spiro atoms. The van der Waals surface area contributed by atoms with E-state index in [2.05, 4.69) is 15.3 Å². The van der Waals surface area contributed by atoms with Crippen LogP contribution in [0.25, 0.3) is 0 Å². The van der Waals surface area contributed by atoms with Crippen molar-refractivity contribution in [2.45, 2.75) is 13.0 Å². The Balaban J connectivity index is 1.35. The molecule has 0 saturated heterocycles. The number of likely N-dealkylation sites (N-methyl/N-ethyl adjacent to an activating group) is 1. The van der Waals surface area contributed by atoms with Gasteiger partial charge >= 0.3 is 0 Å². The van der Waals surface area contributed by atoms with E-state index in [1.807, 2.05) is 37.4 Å². The summed E-state index contributed by atoms with van der Waals surface area (Å²) in [7, 11) is 1.81. The number of aromatic nitrogens is 2. The van der Waals surface area contributed by atoms with Crippen molar-refractivity contribution in [2.24, 2.45) is 0 Å². The summed E-state index contributed by atoms with van der Waals surface area (Å²) >= 11 is 0. The van der Waals surface area contributed by atoms with Crippen LogP contribution in [0.5, 0.6) is 11.5 Å². The summed E-state index contributed by atoms with van der Waals surface area (Å²) in [5.41, 5.74) is 2.80. The summed E-state index contributed by atoms with van der Waals surface area (Å²) in [5.74, 6) is 2.12. The molecule has 1 amide bonds. The van der Waals surface area contributed by atoms with Gasteiger partial charge in [-0.1, -0.05) is 6.07 Å². The third kappa shape index (κ3) is 4.63. The fraction of sp³-hybridized carbons (Fsp3) is 0.227. The number of pyridine rings is 2. The molecule has 0 aliphatic carbocycles. The molecule has 0 atom stereocenters. The number of hydrogen-bond donors (Lipinski definition) is 1. The molecule has 1 aliphatic heterocycles. The van der Waals surface area contributed by atoms with E-state index in [4.69, 9.17) is 9.47 Å². The number of rotatable bonds is 7. The first-order valence-corrected chi connectivity index (χ1v) is 9.42. The molecule has 3 heterocycles. The first-order chi connectivity index (χ1) is 14.2. The lowest BCUT2D eigenvalue weighted by atomic mass is 10.1. The third-order valence-corrected chi connectivity index (χ3v) is 4.75. The van der Waals surface area contributed by atoms with Crippen LogP contribution in [-0.2, 0) is 13.0 Å². The van der Waals surface area contributed by atoms with Crippen LogP contribution >= 0.6 is 0 Å². The van der Waals surface area contributed by atoms with E-state index >= 15 is 0 Å². The van der Waals surface area contributed by atoms with Crippen molar-refractivity contribution in [3.63, 3.8) is 0 Å². The van der Waals surface area contributed by atoms with Gasteiger partial charge in [-0.3, -0.25) is 9.78 Å². The van der Waals surface area contributed by atoms with E-state index in [0.717, 1.165) is 29.0 Å². The lowest BCUT2D eigenvalue weighted by Crippen LogP contribution is -2.29. The van der Waals surface area contributed by atoms with Crippen LogP contribution in [0, 0.1) is 0 Å². The number of amides is 1. The van der Waals surface area contributed by atoms with Crippen molar-refractivity contribution in [2.75, 3.05) is 25.7 Å². The van der Waals surface area contributed by atoms with Gasteiger partial charge in [0.25, 0.3) is 5.91 Å². The van der Waals surface area contributed by atoms with Crippen molar-refractivity contribution in [3.05, 3.63) is 77.7 Å². The Morgan fingerprint density at radius 2 is 1.86 bits per heavy atom. The maximum Gasteiger partial charge on any atom is 0.253 e. The number of nitrogens with zero attached hydrogens (tertiary/aromatic N) is 3. The summed E-state index contributed by atoms with van der Waals surface area (Å²) in [6, 6.07) is 13.2. The van der Waals surface area contributed by atoms with Gasteiger partial charge in [-0.2, -0.15) is 0 Å². The summed E-state index contributed by atoms with van der Waals surface area (Å²) in [6.07, 6.45) is 5.95. The Bertz CT molecular complexity index is 994. The van der Waals surface area contributed by atoms with Crippen molar-refractivity contribution < 1.29 is 14.3 Å². The Kier molecular flexibility index (Phi) is 5.56. The molecule has 1 N–H and O–H groups in total. The molecule has 0 fully saturated rings. The van der Waals surface area contributed by atoms with Gasteiger partial charge in [-0.05, 0) is 53.9 Å². The Morgan fingerprint density at radius 3 is 2.72 bits per heavy atom. The van der Waals surface area contributed by atoms with Crippen LogP contribution in [0.1, 0.15) is 21.5 Å². The lowest BCUT2D eigenvalue weighted by Gasteiger charge is -2.17. The highest BCUT2D eigenvalue weighted by Gasteiger charge is 2.14. The van der Waals surface area contributed by atoms with E-state index in [1.165, 1.54) is 0 Å². The topological polar surface area (TPSA) is 76.6 Å². The predicted molar refractivity (Wildman–Crippen MR) is 109 cm³/mol. The number of carbonyl (C=O) groups excluding carboxylic acids is 1. The molecule has 0 bridgehead atoms. The van der Waals surface area contributed by atoms with E-state index in [9.17, 15) is 4.79 Å². The molecular weight excluding hydrogens is 368 g/mol. The van der Waals surface area contributed by atoms with Gasteiger partial charge in [0.15, 0.2) is 11.5 Å². The summed E-state index contributed by atoms with van der Waals surface area (Å²) in [4.78, 5) is 22.8. The van der Waals surface area contributed by atoms with Gasteiger partial charge in [-0.25, -0.2) is 4.98 Å². The van der Waals surface area contributed by atoms with E-state index in [1.54, 1.807) is 35.6 Å². The van der Waals surface area contributed by atoms with Crippen LogP contribution in [0.2, 0.25) is 0 Å². The van der Waals surface area contributed by atoms with Crippen molar-refractivity contribution in [3.8, 4) is 11.5 Å². The number of fused-ring (bicyclic) bond motifs is 1. The standard InChI is InChI=1S/C22H22N4O3/c1-26(11-7-16-4-8-23-9-5-16)22(27)18-6-10-24-21(13-18)25-14-17-2-3-19-20(12-17)29-15-28-19/h2-6,8-10,12-13H,7,11,14-15H2,1H3,(H,24,25). The second kappa shape index (κ2) is 8.60. The monoisotopic (exact) mass is 390 g/mol. The second-order valence-electron chi connectivity index (χ2n) is 6.80. The summed E-state index contributed by atoms with van der Waals surface area (Å²) in [6.45, 7) is 1.46. The van der Waals surface area contributed by atoms with Crippen LogP contribution in [0.4, 0.5) is 5.82 Å². The second-order valence-corrected chi connectivity index (χ2v) is 6.80. The highest BCUT2D eigenvalue weighted by Crippen LogP contribution is 2.32. The minimum atomic E-state index is -0.0346. The minimum Gasteiger partial charge on any atom is -0.454 e. The Hall–Kier alpha value is -3.61. The number of benzene rings is 1. The van der Waals surface area contributed by atoms with Gasteiger partial charge in [0.2, 0.25) is 6.79 Å². The van der Waals surface area contributed by atoms with Crippen LogP contribution < -0.4 is 14.8 Å².